The van der Waals surface area contributed by atoms with Crippen LogP contribution in [-0.2, 0) is 0 Å². The molecule has 0 saturated heterocycles. The lowest BCUT2D eigenvalue weighted by Crippen LogP contribution is -1.97. The molecular formula is C4H3BrF4. The molecule has 9 heavy (non-hydrogen) atoms. The number of rotatable bonds is 2. The van der Waals surface area contributed by atoms with Crippen LogP contribution in [-0.4, -0.2) is 11.8 Å². The molecule has 0 heterocycles. The van der Waals surface area contributed by atoms with Gasteiger partial charge in [-0.2, -0.15) is 8.78 Å². The van der Waals surface area contributed by atoms with Gasteiger partial charge in [-0.25, -0.2) is 8.78 Å². The SMILES string of the molecule is FCC(=C(F)F)C(F)Br. The van der Waals surface area contributed by atoms with Crippen molar-refractivity contribution in [2.45, 2.75) is 5.08 Å². The van der Waals surface area contributed by atoms with E-state index in [4.69, 9.17) is 0 Å². The zero-order chi connectivity index (χ0) is 7.44. The third-order valence-corrected chi connectivity index (χ3v) is 1.20. The molecule has 0 aliphatic heterocycles. The zero-order valence-electron chi connectivity index (χ0n) is 4.17. The highest BCUT2D eigenvalue weighted by atomic mass is 79.9. The van der Waals surface area contributed by atoms with E-state index in [1.54, 1.807) is 0 Å². The molecule has 54 valence electrons. The molecule has 0 nitrogen and oxygen atoms in total. The first-order chi connectivity index (χ1) is 4.09. The maximum absolute atomic E-state index is 11.8. The Hall–Kier alpha value is -0.0600. The van der Waals surface area contributed by atoms with E-state index in [-0.39, 0.29) is 0 Å². The fourth-order valence-electron chi connectivity index (χ4n) is 0.191. The number of hydrogen-bond acceptors (Lipinski definition) is 0. The van der Waals surface area contributed by atoms with Crippen molar-refractivity contribution in [3.63, 3.8) is 0 Å². The summed E-state index contributed by atoms with van der Waals surface area (Å²) in [6, 6.07) is 0. The summed E-state index contributed by atoms with van der Waals surface area (Å²) in [4.78, 5) is 0. The van der Waals surface area contributed by atoms with Crippen LogP contribution in [0.4, 0.5) is 17.6 Å². The summed E-state index contributed by atoms with van der Waals surface area (Å²) < 4.78 is 45.7. The van der Waals surface area contributed by atoms with Crippen molar-refractivity contribution < 1.29 is 17.6 Å². The van der Waals surface area contributed by atoms with Crippen LogP contribution >= 0.6 is 15.9 Å². The van der Waals surface area contributed by atoms with Crippen molar-refractivity contribution >= 4 is 15.9 Å². The summed E-state index contributed by atoms with van der Waals surface area (Å²) in [6.07, 6.45) is -2.30. The van der Waals surface area contributed by atoms with Crippen molar-refractivity contribution in [2.24, 2.45) is 0 Å². The van der Waals surface area contributed by atoms with Gasteiger partial charge in [0.05, 0.1) is 5.57 Å². The van der Waals surface area contributed by atoms with Gasteiger partial charge in [0, 0.05) is 0 Å². The molecule has 1 atom stereocenters. The Kier molecular flexibility index (Phi) is 3.84. The van der Waals surface area contributed by atoms with Crippen LogP contribution in [0.3, 0.4) is 0 Å². The molecule has 0 fully saturated rings. The minimum Gasteiger partial charge on any atom is -0.246 e. The summed E-state index contributed by atoms with van der Waals surface area (Å²) in [5.41, 5.74) is -1.14. The molecule has 0 aromatic heterocycles. The molecule has 0 N–H and O–H groups in total. The first-order valence-corrected chi connectivity index (χ1v) is 2.89. The van der Waals surface area contributed by atoms with Gasteiger partial charge < -0.3 is 0 Å². The molecule has 0 rings (SSSR count). The van der Waals surface area contributed by atoms with E-state index in [0.717, 1.165) is 0 Å². The molecule has 0 aromatic carbocycles. The van der Waals surface area contributed by atoms with Crippen LogP contribution in [0.5, 0.6) is 0 Å². The zero-order valence-corrected chi connectivity index (χ0v) is 5.76. The normalized spacial score (nSPS) is 13.0. The van der Waals surface area contributed by atoms with E-state index in [1.165, 1.54) is 0 Å². The van der Waals surface area contributed by atoms with Crippen molar-refractivity contribution in [2.75, 3.05) is 6.67 Å². The van der Waals surface area contributed by atoms with Gasteiger partial charge in [0.2, 0.25) is 0 Å². The first kappa shape index (κ1) is 8.94. The fourth-order valence-corrected chi connectivity index (χ4v) is 0.487. The number of hydrogen-bond donors (Lipinski definition) is 0. The van der Waals surface area contributed by atoms with Gasteiger partial charge in [-0.05, 0) is 15.9 Å². The van der Waals surface area contributed by atoms with Gasteiger partial charge in [-0.3, -0.25) is 0 Å². The molecule has 0 amide bonds. The summed E-state index contributed by atoms with van der Waals surface area (Å²) in [7, 11) is 0. The Bertz CT molecular complexity index is 116. The molecule has 0 radical (unpaired) electrons. The predicted molar refractivity (Wildman–Crippen MR) is 29.0 cm³/mol. The summed E-state index contributed by atoms with van der Waals surface area (Å²) in [5, 5.41) is -2.08. The Morgan fingerprint density at radius 3 is 1.89 bits per heavy atom. The molecule has 0 aliphatic carbocycles. The van der Waals surface area contributed by atoms with E-state index in [2.05, 4.69) is 15.9 Å². The summed E-state index contributed by atoms with van der Waals surface area (Å²) in [6.45, 7) is -1.46. The monoisotopic (exact) mass is 206 g/mol. The molecular weight excluding hydrogens is 204 g/mol. The Labute approximate surface area is 57.7 Å². The maximum Gasteiger partial charge on any atom is 0.275 e. The second kappa shape index (κ2) is 3.87. The Balaban J connectivity index is 4.16. The minimum atomic E-state index is -2.30. The second-order valence-corrected chi connectivity index (χ2v) is 2.02. The molecule has 0 saturated carbocycles. The van der Waals surface area contributed by atoms with Crippen LogP contribution in [0.1, 0.15) is 0 Å². The van der Waals surface area contributed by atoms with Crippen LogP contribution in [0.2, 0.25) is 0 Å². The molecule has 0 spiro atoms. The maximum atomic E-state index is 11.8. The summed E-state index contributed by atoms with van der Waals surface area (Å²) in [5.74, 6) is 0. The summed E-state index contributed by atoms with van der Waals surface area (Å²) >= 11 is 2.16. The third-order valence-electron chi connectivity index (χ3n) is 0.650. The van der Waals surface area contributed by atoms with Crippen LogP contribution in [0, 0.1) is 0 Å². The largest absolute Gasteiger partial charge is 0.275 e. The van der Waals surface area contributed by atoms with Crippen LogP contribution in [0.15, 0.2) is 11.7 Å². The van der Waals surface area contributed by atoms with E-state index in [1.807, 2.05) is 0 Å². The van der Waals surface area contributed by atoms with Gasteiger partial charge in [0.15, 0.2) is 5.08 Å². The third kappa shape index (κ3) is 2.84. The highest BCUT2D eigenvalue weighted by Crippen LogP contribution is 2.19. The van der Waals surface area contributed by atoms with E-state index >= 15 is 0 Å². The van der Waals surface area contributed by atoms with Crippen molar-refractivity contribution in [1.29, 1.82) is 0 Å². The lowest BCUT2D eigenvalue weighted by atomic mass is 10.4. The highest BCUT2D eigenvalue weighted by molar-refractivity contribution is 9.09. The molecule has 0 aliphatic rings. The number of allylic oxidation sites excluding steroid dienone is 1. The molecule has 1 unspecified atom stereocenters. The van der Waals surface area contributed by atoms with Crippen molar-refractivity contribution in [3.8, 4) is 0 Å². The van der Waals surface area contributed by atoms with Gasteiger partial charge in [-0.1, -0.05) is 0 Å². The van der Waals surface area contributed by atoms with Crippen molar-refractivity contribution in [1.82, 2.24) is 0 Å². The molecule has 0 bridgehead atoms. The second-order valence-electron chi connectivity index (χ2n) is 1.22. The lowest BCUT2D eigenvalue weighted by Gasteiger charge is -1.97. The van der Waals surface area contributed by atoms with Crippen LogP contribution < -0.4 is 0 Å². The average molecular weight is 207 g/mol. The number of halogens is 5. The highest BCUT2D eigenvalue weighted by Gasteiger charge is 2.14. The number of alkyl halides is 3. The van der Waals surface area contributed by atoms with E-state index in [0.29, 0.717) is 0 Å². The lowest BCUT2D eigenvalue weighted by molar-refractivity contribution is 0.366. The van der Waals surface area contributed by atoms with E-state index < -0.39 is 23.4 Å². The quantitative estimate of drug-likeness (QED) is 0.482. The molecule has 0 aromatic rings. The topological polar surface area (TPSA) is 0 Å². The average Bonchev–Trinajstić information content (AvgIpc) is 1.64. The Morgan fingerprint density at radius 1 is 1.44 bits per heavy atom. The minimum absolute atomic E-state index is 1.14. The van der Waals surface area contributed by atoms with Gasteiger partial charge in [0.1, 0.15) is 6.67 Å². The van der Waals surface area contributed by atoms with Crippen LogP contribution in [0.25, 0.3) is 0 Å². The predicted octanol–water partition coefficient (Wildman–Crippen LogP) is 2.80. The van der Waals surface area contributed by atoms with Gasteiger partial charge >= 0.3 is 0 Å². The fraction of sp³-hybridized carbons (Fsp3) is 0.500. The Morgan fingerprint density at radius 2 is 1.89 bits per heavy atom. The molecule has 5 heteroatoms. The van der Waals surface area contributed by atoms with Gasteiger partial charge in [-0.15, -0.1) is 0 Å². The first-order valence-electron chi connectivity index (χ1n) is 1.97. The van der Waals surface area contributed by atoms with Crippen molar-refractivity contribution in [3.05, 3.63) is 11.7 Å². The standard InChI is InChI=1S/C4H3BrF4/c5-3(7)2(1-6)4(8)9/h3H,1H2. The van der Waals surface area contributed by atoms with Gasteiger partial charge in [0.25, 0.3) is 6.08 Å². The smallest absolute Gasteiger partial charge is 0.246 e. The van der Waals surface area contributed by atoms with E-state index in [9.17, 15) is 17.6 Å².